The van der Waals surface area contributed by atoms with Crippen molar-refractivity contribution in [2.75, 3.05) is 5.32 Å². The maximum atomic E-state index is 12.1. The van der Waals surface area contributed by atoms with E-state index in [2.05, 4.69) is 5.32 Å². The van der Waals surface area contributed by atoms with E-state index in [1.54, 1.807) is 30.3 Å². The molecule has 104 valence electrons. The fourth-order valence-electron chi connectivity index (χ4n) is 2.23. The summed E-state index contributed by atoms with van der Waals surface area (Å²) in [7, 11) is 0. The molecule has 0 aliphatic carbocycles. The van der Waals surface area contributed by atoms with E-state index in [-0.39, 0.29) is 5.91 Å². The summed E-state index contributed by atoms with van der Waals surface area (Å²) in [6.45, 7) is 1.44. The van der Waals surface area contributed by atoms with Crippen LogP contribution in [0.2, 0.25) is 0 Å². The number of para-hydroxylation sites is 1. The largest absolute Gasteiger partial charge is 0.422 e. The van der Waals surface area contributed by atoms with Gasteiger partial charge in [0.15, 0.2) is 0 Å². The Hall–Kier alpha value is -2.88. The van der Waals surface area contributed by atoms with Crippen molar-refractivity contribution in [1.29, 1.82) is 0 Å². The minimum atomic E-state index is -0.395. The van der Waals surface area contributed by atoms with Gasteiger partial charge < -0.3 is 9.73 Å². The highest BCUT2D eigenvalue weighted by molar-refractivity contribution is 5.90. The minimum Gasteiger partial charge on any atom is -0.422 e. The number of anilines is 1. The van der Waals surface area contributed by atoms with Crippen LogP contribution in [0, 0.1) is 0 Å². The summed E-state index contributed by atoms with van der Waals surface area (Å²) in [5.74, 6) is -0.155. The molecule has 1 amide bonds. The third-order valence-corrected chi connectivity index (χ3v) is 3.14. The summed E-state index contributed by atoms with van der Waals surface area (Å²) in [6, 6.07) is 16.3. The van der Waals surface area contributed by atoms with Crippen molar-refractivity contribution >= 4 is 22.6 Å². The Kier molecular flexibility index (Phi) is 3.28. The Morgan fingerprint density at radius 2 is 1.86 bits per heavy atom. The molecule has 21 heavy (non-hydrogen) atoms. The highest BCUT2D eigenvalue weighted by Crippen LogP contribution is 2.23. The Labute approximate surface area is 121 Å². The SMILES string of the molecule is CC(=O)Nc1cccc(-c2cc3ccccc3oc2=O)c1. The first-order valence-corrected chi connectivity index (χ1v) is 6.54. The predicted octanol–water partition coefficient (Wildman–Crippen LogP) is 3.42. The van der Waals surface area contributed by atoms with E-state index in [1.807, 2.05) is 24.3 Å². The molecule has 0 spiro atoms. The van der Waals surface area contributed by atoms with Gasteiger partial charge in [-0.15, -0.1) is 0 Å². The van der Waals surface area contributed by atoms with Gasteiger partial charge in [-0.25, -0.2) is 4.79 Å². The molecule has 0 bridgehead atoms. The van der Waals surface area contributed by atoms with Gasteiger partial charge in [-0.1, -0.05) is 30.3 Å². The average Bonchev–Trinajstić information content (AvgIpc) is 2.46. The smallest absolute Gasteiger partial charge is 0.344 e. The van der Waals surface area contributed by atoms with Crippen LogP contribution in [0.3, 0.4) is 0 Å². The molecule has 0 saturated heterocycles. The zero-order chi connectivity index (χ0) is 14.8. The summed E-state index contributed by atoms with van der Waals surface area (Å²) >= 11 is 0. The second-order valence-electron chi connectivity index (χ2n) is 4.75. The summed E-state index contributed by atoms with van der Waals surface area (Å²) in [6.07, 6.45) is 0. The zero-order valence-corrected chi connectivity index (χ0v) is 11.4. The molecule has 0 atom stereocenters. The molecule has 1 heterocycles. The van der Waals surface area contributed by atoms with Crippen LogP contribution in [0.5, 0.6) is 0 Å². The number of amides is 1. The Balaban J connectivity index is 2.13. The summed E-state index contributed by atoms with van der Waals surface area (Å²) in [5, 5.41) is 3.56. The highest BCUT2D eigenvalue weighted by atomic mass is 16.4. The topological polar surface area (TPSA) is 59.3 Å². The van der Waals surface area contributed by atoms with Crippen molar-refractivity contribution in [3.63, 3.8) is 0 Å². The molecule has 3 aromatic rings. The Morgan fingerprint density at radius 1 is 1.05 bits per heavy atom. The molecule has 0 radical (unpaired) electrons. The van der Waals surface area contributed by atoms with Crippen LogP contribution in [0.1, 0.15) is 6.92 Å². The third-order valence-electron chi connectivity index (χ3n) is 3.14. The van der Waals surface area contributed by atoms with Crippen LogP contribution < -0.4 is 10.9 Å². The van der Waals surface area contributed by atoms with Gasteiger partial charge in [-0.3, -0.25) is 4.79 Å². The normalized spacial score (nSPS) is 10.5. The Bertz CT molecular complexity index is 880. The van der Waals surface area contributed by atoms with E-state index in [0.29, 0.717) is 22.4 Å². The monoisotopic (exact) mass is 279 g/mol. The molecule has 0 aliphatic rings. The number of nitrogens with one attached hydrogen (secondary N) is 1. The molecule has 4 heteroatoms. The van der Waals surface area contributed by atoms with E-state index in [9.17, 15) is 9.59 Å². The van der Waals surface area contributed by atoms with Crippen molar-refractivity contribution in [2.45, 2.75) is 6.92 Å². The Morgan fingerprint density at radius 3 is 2.67 bits per heavy atom. The van der Waals surface area contributed by atoms with Gasteiger partial charge in [0.05, 0.1) is 5.56 Å². The average molecular weight is 279 g/mol. The standard InChI is InChI=1S/C17H13NO3/c1-11(19)18-14-7-4-6-12(9-14)15-10-13-5-2-3-8-16(13)21-17(15)20/h2-10H,1H3,(H,18,19). The molecule has 1 N–H and O–H groups in total. The lowest BCUT2D eigenvalue weighted by Crippen LogP contribution is -2.06. The molecule has 3 rings (SSSR count). The molecule has 0 fully saturated rings. The van der Waals surface area contributed by atoms with E-state index in [4.69, 9.17) is 4.42 Å². The van der Waals surface area contributed by atoms with Gasteiger partial charge in [-0.05, 0) is 29.8 Å². The predicted molar refractivity (Wildman–Crippen MR) is 82.2 cm³/mol. The maximum Gasteiger partial charge on any atom is 0.344 e. The number of rotatable bonds is 2. The first-order chi connectivity index (χ1) is 10.1. The lowest BCUT2D eigenvalue weighted by molar-refractivity contribution is -0.114. The number of fused-ring (bicyclic) bond motifs is 1. The van der Waals surface area contributed by atoms with E-state index in [1.165, 1.54) is 6.92 Å². The van der Waals surface area contributed by atoms with Crippen molar-refractivity contribution in [3.8, 4) is 11.1 Å². The molecular weight excluding hydrogens is 266 g/mol. The van der Waals surface area contributed by atoms with E-state index < -0.39 is 5.63 Å². The molecular formula is C17H13NO3. The second kappa shape index (κ2) is 5.25. The summed E-state index contributed by atoms with van der Waals surface area (Å²) in [4.78, 5) is 23.2. The lowest BCUT2D eigenvalue weighted by Gasteiger charge is -2.06. The maximum absolute atomic E-state index is 12.1. The van der Waals surface area contributed by atoms with Gasteiger partial charge in [-0.2, -0.15) is 0 Å². The van der Waals surface area contributed by atoms with Crippen LogP contribution in [0.15, 0.2) is 63.8 Å². The fraction of sp³-hybridized carbons (Fsp3) is 0.0588. The molecule has 1 aromatic heterocycles. The third kappa shape index (κ3) is 2.69. The molecule has 0 unspecified atom stereocenters. The minimum absolute atomic E-state index is 0.155. The van der Waals surface area contributed by atoms with Crippen molar-refractivity contribution in [2.24, 2.45) is 0 Å². The number of hydrogen-bond donors (Lipinski definition) is 1. The van der Waals surface area contributed by atoms with Crippen LogP contribution in [-0.4, -0.2) is 5.91 Å². The first kappa shape index (κ1) is 13.1. The van der Waals surface area contributed by atoms with Gasteiger partial charge in [0.25, 0.3) is 0 Å². The molecule has 0 saturated carbocycles. The molecule has 4 nitrogen and oxygen atoms in total. The van der Waals surface area contributed by atoms with Gasteiger partial charge in [0.2, 0.25) is 5.91 Å². The second-order valence-corrected chi connectivity index (χ2v) is 4.75. The van der Waals surface area contributed by atoms with Crippen molar-refractivity contribution in [3.05, 3.63) is 65.0 Å². The molecule has 0 aliphatic heterocycles. The summed E-state index contributed by atoms with van der Waals surface area (Å²) < 4.78 is 5.33. The van der Waals surface area contributed by atoms with Gasteiger partial charge >= 0.3 is 5.63 Å². The van der Waals surface area contributed by atoms with Crippen LogP contribution in [0.25, 0.3) is 22.1 Å². The van der Waals surface area contributed by atoms with Gasteiger partial charge in [0, 0.05) is 18.0 Å². The molecule has 2 aromatic carbocycles. The van der Waals surface area contributed by atoms with Crippen LogP contribution in [0.4, 0.5) is 5.69 Å². The number of carbonyl (C=O) groups excluding carboxylic acids is 1. The van der Waals surface area contributed by atoms with E-state index >= 15 is 0 Å². The number of hydrogen-bond acceptors (Lipinski definition) is 3. The number of carbonyl (C=O) groups is 1. The van der Waals surface area contributed by atoms with Gasteiger partial charge in [0.1, 0.15) is 5.58 Å². The fourth-order valence-corrected chi connectivity index (χ4v) is 2.23. The van der Waals surface area contributed by atoms with Crippen molar-refractivity contribution < 1.29 is 9.21 Å². The highest BCUT2D eigenvalue weighted by Gasteiger charge is 2.08. The first-order valence-electron chi connectivity index (χ1n) is 6.54. The quantitative estimate of drug-likeness (QED) is 0.731. The van der Waals surface area contributed by atoms with Crippen LogP contribution >= 0.6 is 0 Å². The zero-order valence-electron chi connectivity index (χ0n) is 11.4. The lowest BCUT2D eigenvalue weighted by atomic mass is 10.1. The van der Waals surface area contributed by atoms with Crippen LogP contribution in [-0.2, 0) is 4.79 Å². The number of benzene rings is 2. The van der Waals surface area contributed by atoms with Crippen molar-refractivity contribution in [1.82, 2.24) is 0 Å². The summed E-state index contributed by atoms with van der Waals surface area (Å²) in [5.41, 5.74) is 1.99. The van der Waals surface area contributed by atoms with E-state index in [0.717, 1.165) is 5.39 Å².